The summed E-state index contributed by atoms with van der Waals surface area (Å²) in [7, 11) is 0. The zero-order valence-electron chi connectivity index (χ0n) is 15.3. The molecule has 2 fully saturated rings. The minimum Gasteiger partial charge on any atom is -0.423 e. The Morgan fingerprint density at radius 1 is 1.31 bits per heavy atom. The van der Waals surface area contributed by atoms with Crippen molar-refractivity contribution in [3.05, 3.63) is 24.0 Å². The molecule has 1 aromatic rings. The monoisotopic (exact) mass is 365 g/mol. The predicted molar refractivity (Wildman–Crippen MR) is 94.7 cm³/mol. The number of halogens is 1. The zero-order chi connectivity index (χ0) is 18.8. The van der Waals surface area contributed by atoms with Crippen LogP contribution in [0.25, 0.3) is 0 Å². The maximum Gasteiger partial charge on any atom is 0.416 e. The molecule has 0 N–H and O–H groups in total. The summed E-state index contributed by atoms with van der Waals surface area (Å²) >= 11 is 0. The van der Waals surface area contributed by atoms with Gasteiger partial charge in [-0.05, 0) is 32.0 Å². The minimum absolute atomic E-state index is 0.106. The first kappa shape index (κ1) is 18.4. The molecule has 0 spiro atoms. The lowest BCUT2D eigenvalue weighted by Gasteiger charge is -2.30. The van der Waals surface area contributed by atoms with Crippen molar-refractivity contribution in [3.63, 3.8) is 0 Å². The zero-order valence-corrected chi connectivity index (χ0v) is 15.3. The van der Waals surface area contributed by atoms with Crippen molar-refractivity contribution in [1.82, 2.24) is 4.90 Å². The van der Waals surface area contributed by atoms with Gasteiger partial charge in [-0.3, -0.25) is 9.69 Å². The van der Waals surface area contributed by atoms with Gasteiger partial charge in [0.15, 0.2) is 6.23 Å². The molecule has 2 aliphatic rings. The van der Waals surface area contributed by atoms with Gasteiger partial charge in [-0.25, -0.2) is 9.18 Å². The van der Waals surface area contributed by atoms with E-state index in [0.29, 0.717) is 37.7 Å². The molecule has 1 aromatic carbocycles. The average Bonchev–Trinajstić information content (AvgIpc) is 2.96. The van der Waals surface area contributed by atoms with Gasteiger partial charge < -0.3 is 19.3 Å². The number of carbonyl (C=O) groups is 2. The van der Waals surface area contributed by atoms with E-state index >= 15 is 0 Å². The first-order chi connectivity index (χ1) is 12.4. The van der Waals surface area contributed by atoms with E-state index < -0.39 is 18.1 Å². The van der Waals surface area contributed by atoms with E-state index in [0.717, 1.165) is 0 Å². The third kappa shape index (κ3) is 3.60. The van der Waals surface area contributed by atoms with Gasteiger partial charge >= 0.3 is 6.09 Å². The van der Waals surface area contributed by atoms with Crippen LogP contribution in [0.15, 0.2) is 18.2 Å². The smallest absolute Gasteiger partial charge is 0.416 e. The quantitative estimate of drug-likeness (QED) is 0.819. The molecular formula is C18H24FN3O4. The van der Waals surface area contributed by atoms with E-state index in [9.17, 15) is 14.0 Å². The fraction of sp³-hybridized carbons (Fsp3) is 0.556. The molecule has 2 saturated heterocycles. The number of cyclic esters (lactones) is 1. The molecule has 1 atom stereocenters. The number of benzene rings is 1. The summed E-state index contributed by atoms with van der Waals surface area (Å²) < 4.78 is 25.2. The van der Waals surface area contributed by atoms with Crippen LogP contribution < -0.4 is 9.80 Å². The lowest BCUT2D eigenvalue weighted by atomic mass is 10.2. The van der Waals surface area contributed by atoms with E-state index in [4.69, 9.17) is 9.47 Å². The highest BCUT2D eigenvalue weighted by Gasteiger charge is 2.38. The number of rotatable bonds is 4. The predicted octanol–water partition coefficient (Wildman–Crippen LogP) is 2.20. The summed E-state index contributed by atoms with van der Waals surface area (Å²) in [6.45, 7) is 7.72. The standard InChI is InChI=1S/C18H24FN3O4/c1-12(2)22(13(3)23)17-11-21(18(24)26-17)14-4-5-16(15(19)10-14)20-6-8-25-9-7-20/h4-5,10,12,17H,6-9,11H2,1-3H3/t17-/m1/s1. The number of nitrogens with zero attached hydrogens (tertiary/aromatic N) is 3. The number of hydrogen-bond donors (Lipinski definition) is 0. The van der Waals surface area contributed by atoms with Gasteiger partial charge in [-0.1, -0.05) is 0 Å². The van der Waals surface area contributed by atoms with Crippen LogP contribution in [0.1, 0.15) is 20.8 Å². The topological polar surface area (TPSA) is 62.3 Å². The SMILES string of the molecule is CC(=O)N(C(C)C)[C@H]1CN(c2ccc(N3CCOCC3)c(F)c2)C(=O)O1. The van der Waals surface area contributed by atoms with Crippen LogP contribution in [0, 0.1) is 5.82 Å². The number of amides is 2. The fourth-order valence-corrected chi connectivity index (χ4v) is 3.43. The van der Waals surface area contributed by atoms with Gasteiger partial charge in [-0.2, -0.15) is 0 Å². The Balaban J connectivity index is 1.77. The van der Waals surface area contributed by atoms with Crippen molar-refractivity contribution in [1.29, 1.82) is 0 Å². The summed E-state index contributed by atoms with van der Waals surface area (Å²) in [6, 6.07) is 4.60. The van der Waals surface area contributed by atoms with Gasteiger partial charge in [0.1, 0.15) is 5.82 Å². The second kappa shape index (κ2) is 7.49. The molecule has 3 rings (SSSR count). The van der Waals surface area contributed by atoms with Crippen molar-refractivity contribution < 1.29 is 23.5 Å². The summed E-state index contributed by atoms with van der Waals surface area (Å²) in [5.41, 5.74) is 0.910. The molecule has 0 aromatic heterocycles. The Kier molecular flexibility index (Phi) is 5.31. The van der Waals surface area contributed by atoms with Crippen molar-refractivity contribution in [2.45, 2.75) is 33.0 Å². The Hall–Kier alpha value is -2.35. The van der Waals surface area contributed by atoms with Gasteiger partial charge in [0, 0.05) is 26.1 Å². The third-order valence-corrected chi connectivity index (χ3v) is 4.62. The second-order valence-corrected chi connectivity index (χ2v) is 6.70. The molecule has 0 unspecified atom stereocenters. The summed E-state index contributed by atoms with van der Waals surface area (Å²) in [5.74, 6) is -0.568. The number of morpholine rings is 1. The molecule has 0 saturated carbocycles. The van der Waals surface area contributed by atoms with Crippen molar-refractivity contribution in [3.8, 4) is 0 Å². The maximum atomic E-state index is 14.6. The van der Waals surface area contributed by atoms with E-state index in [-0.39, 0.29) is 18.5 Å². The minimum atomic E-state index is -0.679. The second-order valence-electron chi connectivity index (χ2n) is 6.70. The number of hydrogen-bond acceptors (Lipinski definition) is 5. The van der Waals surface area contributed by atoms with Gasteiger partial charge in [0.25, 0.3) is 0 Å². The van der Waals surface area contributed by atoms with E-state index in [1.807, 2.05) is 18.7 Å². The lowest BCUT2D eigenvalue weighted by Crippen LogP contribution is -2.45. The van der Waals surface area contributed by atoms with Crippen molar-refractivity contribution in [2.24, 2.45) is 0 Å². The average molecular weight is 365 g/mol. The van der Waals surface area contributed by atoms with Crippen LogP contribution in [-0.2, 0) is 14.3 Å². The van der Waals surface area contributed by atoms with Crippen molar-refractivity contribution in [2.75, 3.05) is 42.6 Å². The normalized spacial score (nSPS) is 20.5. The number of carbonyl (C=O) groups excluding carboxylic acids is 2. The molecule has 8 heteroatoms. The highest BCUT2D eigenvalue weighted by Crippen LogP contribution is 2.29. The Bertz CT molecular complexity index is 691. The van der Waals surface area contributed by atoms with Crippen LogP contribution in [-0.4, -0.2) is 62.0 Å². The van der Waals surface area contributed by atoms with E-state index in [2.05, 4.69) is 0 Å². The molecule has 7 nitrogen and oxygen atoms in total. The molecule has 2 amide bonds. The molecule has 0 aliphatic carbocycles. The van der Waals surface area contributed by atoms with Crippen LogP contribution >= 0.6 is 0 Å². The first-order valence-electron chi connectivity index (χ1n) is 8.77. The highest BCUT2D eigenvalue weighted by molar-refractivity contribution is 5.90. The summed E-state index contributed by atoms with van der Waals surface area (Å²) in [5, 5.41) is 0. The molecule has 26 heavy (non-hydrogen) atoms. The largest absolute Gasteiger partial charge is 0.423 e. The lowest BCUT2D eigenvalue weighted by molar-refractivity contribution is -0.139. The molecule has 2 aliphatic heterocycles. The third-order valence-electron chi connectivity index (χ3n) is 4.62. The van der Waals surface area contributed by atoms with Gasteiger partial charge in [-0.15, -0.1) is 0 Å². The molecular weight excluding hydrogens is 341 g/mol. The summed E-state index contributed by atoms with van der Waals surface area (Å²) in [4.78, 5) is 28.9. The Morgan fingerprint density at radius 3 is 2.58 bits per heavy atom. The van der Waals surface area contributed by atoms with Gasteiger partial charge in [0.05, 0.1) is 31.1 Å². The highest BCUT2D eigenvalue weighted by atomic mass is 19.1. The van der Waals surface area contributed by atoms with Crippen LogP contribution in [0.2, 0.25) is 0 Å². The van der Waals surface area contributed by atoms with Crippen LogP contribution in [0.5, 0.6) is 0 Å². The maximum absolute atomic E-state index is 14.6. The fourth-order valence-electron chi connectivity index (χ4n) is 3.43. The first-order valence-corrected chi connectivity index (χ1v) is 8.77. The van der Waals surface area contributed by atoms with E-state index in [1.54, 1.807) is 12.1 Å². The van der Waals surface area contributed by atoms with Crippen LogP contribution in [0.4, 0.5) is 20.6 Å². The molecule has 0 bridgehead atoms. The Labute approximate surface area is 152 Å². The molecule has 2 heterocycles. The van der Waals surface area contributed by atoms with Crippen LogP contribution in [0.3, 0.4) is 0 Å². The summed E-state index contributed by atoms with van der Waals surface area (Å²) in [6.07, 6.45) is -1.26. The van der Waals surface area contributed by atoms with E-state index in [1.165, 1.54) is 22.8 Å². The van der Waals surface area contributed by atoms with Crippen molar-refractivity contribution >= 4 is 23.4 Å². The van der Waals surface area contributed by atoms with Gasteiger partial charge in [0.2, 0.25) is 5.91 Å². The molecule has 142 valence electrons. The Morgan fingerprint density at radius 2 is 2.00 bits per heavy atom. The number of ether oxygens (including phenoxy) is 2. The number of anilines is 2. The molecule has 0 radical (unpaired) electrons.